The third-order valence-corrected chi connectivity index (χ3v) is 6.34. The van der Waals surface area contributed by atoms with E-state index in [0.717, 1.165) is 60.1 Å². The first-order chi connectivity index (χ1) is 16.5. The van der Waals surface area contributed by atoms with Gasteiger partial charge in [-0.3, -0.25) is 5.73 Å². The van der Waals surface area contributed by atoms with Crippen LogP contribution in [0.5, 0.6) is 11.5 Å². The van der Waals surface area contributed by atoms with Crippen LogP contribution in [0.4, 0.5) is 11.5 Å². The van der Waals surface area contributed by atoms with Gasteiger partial charge >= 0.3 is 0 Å². The highest BCUT2D eigenvalue weighted by atomic mass is 16.5. The summed E-state index contributed by atoms with van der Waals surface area (Å²) in [5.41, 5.74) is 12.1. The van der Waals surface area contributed by atoms with Crippen LogP contribution in [0.15, 0.2) is 53.7 Å². The number of hydrogen-bond donors (Lipinski definition) is 4. The zero-order chi connectivity index (χ0) is 23.7. The summed E-state index contributed by atoms with van der Waals surface area (Å²) in [6.45, 7) is 4.63. The molecule has 0 aliphatic carbocycles. The van der Waals surface area contributed by atoms with Crippen molar-refractivity contribution < 1.29 is 9.47 Å². The molecule has 178 valence electrons. The number of nitrogens with two attached hydrogens (primary N) is 1. The minimum atomic E-state index is -1.23. The van der Waals surface area contributed by atoms with E-state index in [1.54, 1.807) is 7.11 Å². The molecule has 0 bridgehead atoms. The van der Waals surface area contributed by atoms with Crippen LogP contribution in [-0.2, 0) is 18.8 Å². The van der Waals surface area contributed by atoms with E-state index in [0.29, 0.717) is 12.4 Å². The lowest BCUT2D eigenvalue weighted by Crippen LogP contribution is -2.47. The van der Waals surface area contributed by atoms with E-state index in [1.165, 1.54) is 11.1 Å². The summed E-state index contributed by atoms with van der Waals surface area (Å²) >= 11 is 0. The summed E-state index contributed by atoms with van der Waals surface area (Å²) in [5.74, 6) is 1.73. The number of methoxy groups -OCH3 is 1. The van der Waals surface area contributed by atoms with Crippen molar-refractivity contribution in [1.82, 2.24) is 9.88 Å². The molecule has 8 heteroatoms. The van der Waals surface area contributed by atoms with Gasteiger partial charge in [-0.05, 0) is 61.3 Å². The number of rotatable bonds is 6. The minimum absolute atomic E-state index is 0.643. The number of likely N-dealkylation sites (N-methyl/N-ethyl adjacent to an activating group) is 1. The maximum atomic E-state index is 6.98. The van der Waals surface area contributed by atoms with Gasteiger partial charge in [0, 0.05) is 19.3 Å². The normalized spacial score (nSPS) is 19.5. The molecule has 2 aliphatic rings. The zero-order valence-corrected chi connectivity index (χ0v) is 19.9. The molecule has 5 rings (SSSR count). The number of nitrogens with zero attached hydrogens (tertiary/aromatic N) is 2. The average Bonchev–Trinajstić information content (AvgIpc) is 3.31. The molecule has 0 radical (unpaired) electrons. The first-order valence-corrected chi connectivity index (χ1v) is 11.7. The van der Waals surface area contributed by atoms with Gasteiger partial charge in [-0.1, -0.05) is 19.1 Å². The number of fused-ring (bicyclic) bond motifs is 2. The molecular weight excluding hydrogens is 428 g/mol. The Balaban J connectivity index is 1.57. The van der Waals surface area contributed by atoms with Crippen molar-refractivity contribution in [1.29, 1.82) is 0 Å². The van der Waals surface area contributed by atoms with Gasteiger partial charge in [0.05, 0.1) is 30.5 Å². The highest BCUT2D eigenvalue weighted by molar-refractivity contribution is 6.13. The Labute approximate surface area is 200 Å². The Morgan fingerprint density at radius 3 is 2.85 bits per heavy atom. The lowest BCUT2D eigenvalue weighted by atomic mass is 9.93. The van der Waals surface area contributed by atoms with Crippen LogP contribution >= 0.6 is 0 Å². The predicted molar refractivity (Wildman–Crippen MR) is 136 cm³/mol. The second-order valence-electron chi connectivity index (χ2n) is 8.90. The van der Waals surface area contributed by atoms with Crippen LogP contribution in [0, 0.1) is 0 Å². The molecule has 2 aromatic carbocycles. The summed E-state index contributed by atoms with van der Waals surface area (Å²) in [6, 6.07) is 14.1. The molecule has 3 heterocycles. The van der Waals surface area contributed by atoms with Crippen LogP contribution in [0.1, 0.15) is 35.6 Å². The van der Waals surface area contributed by atoms with E-state index in [-0.39, 0.29) is 0 Å². The number of aromatic nitrogens is 1. The number of ether oxygens (including phenoxy) is 2. The Morgan fingerprint density at radius 2 is 2.03 bits per heavy atom. The van der Waals surface area contributed by atoms with Crippen LogP contribution < -0.4 is 25.8 Å². The number of H-pyrrole nitrogens is 1. The molecule has 8 nitrogen and oxygen atoms in total. The van der Waals surface area contributed by atoms with Gasteiger partial charge in [0.15, 0.2) is 0 Å². The number of benzene rings is 2. The molecule has 5 N–H and O–H groups in total. The Hall–Kier alpha value is -3.49. The second-order valence-corrected chi connectivity index (χ2v) is 8.90. The van der Waals surface area contributed by atoms with Gasteiger partial charge in [-0.25, -0.2) is 4.99 Å². The van der Waals surface area contributed by atoms with Gasteiger partial charge < -0.3 is 30.0 Å². The summed E-state index contributed by atoms with van der Waals surface area (Å²) in [4.78, 5) is 10.6. The van der Waals surface area contributed by atoms with Crippen molar-refractivity contribution in [2.45, 2.75) is 32.1 Å². The average molecular weight is 461 g/mol. The number of para-hydroxylation sites is 2. The van der Waals surface area contributed by atoms with Crippen LogP contribution in [0.25, 0.3) is 0 Å². The molecule has 0 amide bonds. The Kier molecular flexibility index (Phi) is 5.93. The quantitative estimate of drug-likeness (QED) is 0.446. The second kappa shape index (κ2) is 9.04. The molecule has 0 fully saturated rings. The minimum Gasteiger partial charge on any atom is -0.496 e. The molecule has 0 saturated carbocycles. The van der Waals surface area contributed by atoms with Gasteiger partial charge in [-0.15, -0.1) is 0 Å². The van der Waals surface area contributed by atoms with Crippen molar-refractivity contribution in [2.75, 3.05) is 37.9 Å². The van der Waals surface area contributed by atoms with Crippen molar-refractivity contribution in [2.24, 2.45) is 10.7 Å². The third-order valence-electron chi connectivity index (χ3n) is 6.34. The topological polar surface area (TPSA) is 99.9 Å². The fourth-order valence-corrected chi connectivity index (χ4v) is 4.58. The van der Waals surface area contributed by atoms with E-state index in [9.17, 15) is 0 Å². The molecule has 2 aliphatic heterocycles. The van der Waals surface area contributed by atoms with E-state index >= 15 is 0 Å². The van der Waals surface area contributed by atoms with Gasteiger partial charge in [0.2, 0.25) is 5.79 Å². The highest BCUT2D eigenvalue weighted by Crippen LogP contribution is 2.38. The van der Waals surface area contributed by atoms with Crippen molar-refractivity contribution >= 4 is 17.3 Å². The maximum absolute atomic E-state index is 6.98. The van der Waals surface area contributed by atoms with Crippen LogP contribution in [0.3, 0.4) is 0 Å². The lowest BCUT2D eigenvalue weighted by molar-refractivity contribution is 0.310. The Morgan fingerprint density at radius 1 is 1.18 bits per heavy atom. The first kappa shape index (κ1) is 22.3. The third kappa shape index (κ3) is 4.10. The number of aliphatic imine (C=N–C) groups is 1. The summed E-state index contributed by atoms with van der Waals surface area (Å²) in [7, 11) is 3.81. The van der Waals surface area contributed by atoms with E-state index in [2.05, 4.69) is 46.6 Å². The molecule has 1 atom stereocenters. The fourth-order valence-electron chi connectivity index (χ4n) is 4.58. The molecule has 1 aromatic heterocycles. The number of aromatic amines is 1. The lowest BCUT2D eigenvalue weighted by Gasteiger charge is -2.35. The van der Waals surface area contributed by atoms with Gasteiger partial charge in [0.1, 0.15) is 23.2 Å². The Bertz CT molecular complexity index is 1220. The molecule has 0 saturated heterocycles. The largest absolute Gasteiger partial charge is 0.496 e. The maximum Gasteiger partial charge on any atom is 0.216 e. The van der Waals surface area contributed by atoms with E-state index in [4.69, 9.17) is 20.2 Å². The number of amidine groups is 1. The smallest absolute Gasteiger partial charge is 0.216 e. The standard InChI is InChI=1S/C26H32N6O2/c1-4-13-34-22-8-6-5-7-21(22)29-25-19-9-11-28-24(19)30-26(27,31-25)20-14-18-16-32(2)12-10-17(18)15-23(20)33-3/h5-9,11,14-15,28,30H,4,10,12-13,16,27H2,1-3H3,(H,29,31). The first-order valence-electron chi connectivity index (χ1n) is 11.7. The van der Waals surface area contributed by atoms with E-state index in [1.807, 2.05) is 36.5 Å². The summed E-state index contributed by atoms with van der Waals surface area (Å²) in [5, 5.41) is 6.87. The van der Waals surface area contributed by atoms with Crippen LogP contribution in [-0.4, -0.2) is 43.0 Å². The monoisotopic (exact) mass is 460 g/mol. The zero-order valence-electron chi connectivity index (χ0n) is 19.9. The predicted octanol–water partition coefficient (Wildman–Crippen LogP) is 3.85. The van der Waals surface area contributed by atoms with Gasteiger partial charge in [-0.2, -0.15) is 0 Å². The molecule has 0 spiro atoms. The summed E-state index contributed by atoms with van der Waals surface area (Å²) < 4.78 is 11.7. The van der Waals surface area contributed by atoms with Crippen molar-refractivity contribution in [3.05, 3.63) is 70.9 Å². The fraction of sp³-hybridized carbons (Fsp3) is 0.346. The SMILES string of the molecule is CCCOc1ccccc1NC1=NC(N)(c2cc3c(cc2OC)CCN(C)C3)Nc2[nH]ccc21. The highest BCUT2D eigenvalue weighted by Gasteiger charge is 2.37. The number of nitrogens with one attached hydrogen (secondary N) is 3. The van der Waals surface area contributed by atoms with Crippen molar-refractivity contribution in [3.63, 3.8) is 0 Å². The van der Waals surface area contributed by atoms with Crippen molar-refractivity contribution in [3.8, 4) is 11.5 Å². The van der Waals surface area contributed by atoms with Crippen LogP contribution in [0.2, 0.25) is 0 Å². The number of hydrogen-bond acceptors (Lipinski definition) is 7. The molecule has 1 unspecified atom stereocenters. The van der Waals surface area contributed by atoms with E-state index < -0.39 is 5.79 Å². The van der Waals surface area contributed by atoms with Gasteiger partial charge in [0.25, 0.3) is 0 Å². The molecular formula is C26H32N6O2. The molecule has 3 aromatic rings. The molecule has 34 heavy (non-hydrogen) atoms. The summed E-state index contributed by atoms with van der Waals surface area (Å²) in [6.07, 6.45) is 3.79. The number of anilines is 2.